The molecule has 1 aromatic rings. The van der Waals surface area contributed by atoms with Gasteiger partial charge in [-0.3, -0.25) is 10.1 Å². The number of nitrogens with zero attached hydrogens (tertiary/aromatic N) is 1. The SMILES string of the molecule is CC(C)CC(Cl)CCc1cccc([N+](=O)[O-])c1. The summed E-state index contributed by atoms with van der Waals surface area (Å²) in [4.78, 5) is 10.3. The van der Waals surface area contributed by atoms with Crippen molar-refractivity contribution in [3.63, 3.8) is 0 Å². The highest BCUT2D eigenvalue weighted by molar-refractivity contribution is 6.20. The topological polar surface area (TPSA) is 43.1 Å². The van der Waals surface area contributed by atoms with Gasteiger partial charge in [-0.1, -0.05) is 26.0 Å². The Labute approximate surface area is 107 Å². The Morgan fingerprint density at radius 3 is 2.71 bits per heavy atom. The van der Waals surface area contributed by atoms with Crippen molar-refractivity contribution in [1.29, 1.82) is 0 Å². The van der Waals surface area contributed by atoms with Crippen LogP contribution in [-0.2, 0) is 6.42 Å². The zero-order valence-electron chi connectivity index (χ0n) is 10.2. The van der Waals surface area contributed by atoms with E-state index >= 15 is 0 Å². The Morgan fingerprint density at radius 2 is 2.12 bits per heavy atom. The van der Waals surface area contributed by atoms with E-state index in [1.54, 1.807) is 12.1 Å². The molecule has 0 spiro atoms. The van der Waals surface area contributed by atoms with Crippen LogP contribution >= 0.6 is 11.6 Å². The monoisotopic (exact) mass is 255 g/mol. The Kier molecular flexibility index (Phi) is 5.42. The van der Waals surface area contributed by atoms with Gasteiger partial charge in [-0.2, -0.15) is 0 Å². The summed E-state index contributed by atoms with van der Waals surface area (Å²) < 4.78 is 0. The van der Waals surface area contributed by atoms with Gasteiger partial charge in [0.2, 0.25) is 0 Å². The Bertz CT molecular complexity index is 379. The number of alkyl halides is 1. The van der Waals surface area contributed by atoms with E-state index in [2.05, 4.69) is 13.8 Å². The predicted molar refractivity (Wildman–Crippen MR) is 70.5 cm³/mol. The van der Waals surface area contributed by atoms with Gasteiger partial charge in [0.25, 0.3) is 5.69 Å². The molecule has 0 amide bonds. The smallest absolute Gasteiger partial charge is 0.258 e. The minimum atomic E-state index is -0.365. The van der Waals surface area contributed by atoms with Crippen molar-refractivity contribution in [2.24, 2.45) is 5.92 Å². The van der Waals surface area contributed by atoms with E-state index in [0.717, 1.165) is 24.8 Å². The first-order valence-electron chi connectivity index (χ1n) is 5.86. The van der Waals surface area contributed by atoms with E-state index < -0.39 is 0 Å². The Morgan fingerprint density at radius 1 is 1.41 bits per heavy atom. The summed E-state index contributed by atoms with van der Waals surface area (Å²) in [7, 11) is 0. The molecule has 0 radical (unpaired) electrons. The first-order chi connectivity index (χ1) is 7.99. The van der Waals surface area contributed by atoms with Crippen LogP contribution in [0.25, 0.3) is 0 Å². The minimum Gasteiger partial charge on any atom is -0.258 e. The molecule has 94 valence electrons. The molecule has 0 heterocycles. The van der Waals surface area contributed by atoms with Gasteiger partial charge >= 0.3 is 0 Å². The van der Waals surface area contributed by atoms with Gasteiger partial charge < -0.3 is 0 Å². The molecule has 0 fully saturated rings. The van der Waals surface area contributed by atoms with Crippen molar-refractivity contribution in [2.45, 2.75) is 38.5 Å². The summed E-state index contributed by atoms with van der Waals surface area (Å²) in [6.45, 7) is 4.28. The standard InChI is InChI=1S/C13H18ClNO2/c1-10(2)8-12(14)7-6-11-4-3-5-13(9-11)15(16)17/h3-5,9-10,12H,6-8H2,1-2H3. The lowest BCUT2D eigenvalue weighted by molar-refractivity contribution is -0.384. The molecule has 0 bridgehead atoms. The molecule has 0 aliphatic carbocycles. The van der Waals surface area contributed by atoms with Crippen molar-refractivity contribution in [1.82, 2.24) is 0 Å². The maximum absolute atomic E-state index is 10.6. The van der Waals surface area contributed by atoms with E-state index in [4.69, 9.17) is 11.6 Å². The molecule has 17 heavy (non-hydrogen) atoms. The van der Waals surface area contributed by atoms with Crippen LogP contribution in [0.1, 0.15) is 32.3 Å². The molecule has 0 aliphatic rings. The number of benzene rings is 1. The molecule has 0 aromatic heterocycles. The number of rotatable bonds is 6. The maximum atomic E-state index is 10.6. The van der Waals surface area contributed by atoms with Gasteiger partial charge in [-0.15, -0.1) is 11.6 Å². The van der Waals surface area contributed by atoms with Crippen molar-refractivity contribution >= 4 is 17.3 Å². The van der Waals surface area contributed by atoms with Crippen LogP contribution in [0, 0.1) is 16.0 Å². The van der Waals surface area contributed by atoms with Crippen LogP contribution in [0.2, 0.25) is 0 Å². The van der Waals surface area contributed by atoms with Crippen LogP contribution in [-0.4, -0.2) is 10.3 Å². The van der Waals surface area contributed by atoms with Crippen LogP contribution in [0.4, 0.5) is 5.69 Å². The second kappa shape index (κ2) is 6.60. The highest BCUT2D eigenvalue weighted by Crippen LogP contribution is 2.19. The van der Waals surface area contributed by atoms with Crippen LogP contribution < -0.4 is 0 Å². The number of hydrogen-bond acceptors (Lipinski definition) is 2. The third kappa shape index (κ3) is 5.18. The van der Waals surface area contributed by atoms with Gasteiger partial charge in [0.1, 0.15) is 0 Å². The number of nitro groups is 1. The molecule has 0 saturated heterocycles. The summed E-state index contributed by atoms with van der Waals surface area (Å²) >= 11 is 6.19. The highest BCUT2D eigenvalue weighted by Gasteiger charge is 2.09. The van der Waals surface area contributed by atoms with E-state index in [9.17, 15) is 10.1 Å². The van der Waals surface area contributed by atoms with Gasteiger partial charge in [-0.05, 0) is 30.7 Å². The van der Waals surface area contributed by atoms with Crippen molar-refractivity contribution in [2.75, 3.05) is 0 Å². The molecule has 1 rings (SSSR count). The van der Waals surface area contributed by atoms with E-state index in [1.165, 1.54) is 6.07 Å². The summed E-state index contributed by atoms with van der Waals surface area (Å²) in [5, 5.41) is 10.8. The molecular weight excluding hydrogens is 238 g/mol. The Balaban J connectivity index is 2.51. The fraction of sp³-hybridized carbons (Fsp3) is 0.538. The summed E-state index contributed by atoms with van der Waals surface area (Å²) in [6.07, 6.45) is 2.64. The van der Waals surface area contributed by atoms with E-state index in [1.807, 2.05) is 6.07 Å². The van der Waals surface area contributed by atoms with Gasteiger partial charge in [-0.25, -0.2) is 0 Å². The fourth-order valence-electron chi connectivity index (χ4n) is 1.78. The normalized spacial score (nSPS) is 12.7. The number of halogens is 1. The summed E-state index contributed by atoms with van der Waals surface area (Å²) in [6, 6.07) is 6.76. The van der Waals surface area contributed by atoms with Crippen molar-refractivity contribution < 1.29 is 4.92 Å². The van der Waals surface area contributed by atoms with Crippen LogP contribution in [0.5, 0.6) is 0 Å². The molecule has 1 atom stereocenters. The third-order valence-corrected chi connectivity index (χ3v) is 2.99. The van der Waals surface area contributed by atoms with Crippen LogP contribution in [0.3, 0.4) is 0 Å². The largest absolute Gasteiger partial charge is 0.269 e. The molecule has 1 unspecified atom stereocenters. The first kappa shape index (κ1) is 14.0. The predicted octanol–water partition coefficient (Wildman–Crippen LogP) is 4.18. The van der Waals surface area contributed by atoms with Gasteiger partial charge in [0.15, 0.2) is 0 Å². The third-order valence-electron chi connectivity index (χ3n) is 2.59. The number of nitro benzene ring substituents is 1. The lowest BCUT2D eigenvalue weighted by atomic mass is 10.0. The molecule has 3 nitrogen and oxygen atoms in total. The zero-order valence-corrected chi connectivity index (χ0v) is 11.0. The Hall–Kier alpha value is -1.09. The average molecular weight is 256 g/mol. The summed E-state index contributed by atoms with van der Waals surface area (Å²) in [5.41, 5.74) is 1.13. The average Bonchev–Trinajstić information content (AvgIpc) is 2.26. The highest BCUT2D eigenvalue weighted by atomic mass is 35.5. The van der Waals surface area contributed by atoms with E-state index in [-0.39, 0.29) is 16.0 Å². The number of hydrogen-bond donors (Lipinski definition) is 0. The molecule has 0 aliphatic heterocycles. The van der Waals surface area contributed by atoms with Crippen molar-refractivity contribution in [3.8, 4) is 0 Å². The summed E-state index contributed by atoms with van der Waals surface area (Å²) in [5.74, 6) is 0.586. The lowest BCUT2D eigenvalue weighted by Crippen LogP contribution is -2.05. The quantitative estimate of drug-likeness (QED) is 0.435. The molecule has 1 aromatic carbocycles. The van der Waals surface area contributed by atoms with Crippen molar-refractivity contribution in [3.05, 3.63) is 39.9 Å². The maximum Gasteiger partial charge on any atom is 0.269 e. The minimum absolute atomic E-state index is 0.147. The fourth-order valence-corrected chi connectivity index (χ4v) is 2.24. The van der Waals surface area contributed by atoms with Gasteiger partial charge in [0.05, 0.1) is 4.92 Å². The molecule has 4 heteroatoms. The number of aryl methyl sites for hydroxylation is 1. The lowest BCUT2D eigenvalue weighted by Gasteiger charge is -2.11. The zero-order chi connectivity index (χ0) is 12.8. The van der Waals surface area contributed by atoms with E-state index in [0.29, 0.717) is 5.92 Å². The number of non-ortho nitro benzene ring substituents is 1. The second-order valence-electron chi connectivity index (χ2n) is 4.69. The molecule has 0 saturated carbocycles. The van der Waals surface area contributed by atoms with Gasteiger partial charge in [0, 0.05) is 17.5 Å². The first-order valence-corrected chi connectivity index (χ1v) is 6.30. The molecular formula is C13H18ClNO2. The second-order valence-corrected chi connectivity index (χ2v) is 5.31. The van der Waals surface area contributed by atoms with Crippen LogP contribution in [0.15, 0.2) is 24.3 Å². The molecule has 0 N–H and O–H groups in total.